The van der Waals surface area contributed by atoms with Crippen LogP contribution in [-0.2, 0) is 0 Å². The molecule has 0 saturated heterocycles. The number of carbonyl (C=O) groups is 1. The molecular formula is C14H13F2N3O2. The minimum Gasteiger partial charge on any atom is -0.494 e. The monoisotopic (exact) mass is 293 g/mol. The number of ether oxygens (including phenoxy) is 1. The van der Waals surface area contributed by atoms with Crippen LogP contribution in [0.4, 0.5) is 20.3 Å². The number of anilines is 2. The van der Waals surface area contributed by atoms with Crippen LogP contribution < -0.4 is 15.4 Å². The fourth-order valence-electron chi connectivity index (χ4n) is 1.75. The van der Waals surface area contributed by atoms with Gasteiger partial charge in [0.2, 0.25) is 0 Å². The summed E-state index contributed by atoms with van der Waals surface area (Å²) in [5, 5.41) is 5.23. The minimum absolute atomic E-state index is 0.000919. The summed E-state index contributed by atoms with van der Waals surface area (Å²) in [7, 11) is 2.89. The van der Waals surface area contributed by atoms with Crippen molar-refractivity contribution < 1.29 is 18.3 Å². The van der Waals surface area contributed by atoms with Crippen LogP contribution >= 0.6 is 0 Å². The Hall–Kier alpha value is -2.70. The molecule has 1 aromatic heterocycles. The highest BCUT2D eigenvalue weighted by molar-refractivity contribution is 6.07. The molecule has 5 nitrogen and oxygen atoms in total. The molecule has 0 spiro atoms. The fraction of sp³-hybridized carbons (Fsp3) is 0.143. The van der Waals surface area contributed by atoms with Crippen molar-refractivity contribution in [2.24, 2.45) is 0 Å². The number of hydrogen-bond acceptors (Lipinski definition) is 4. The summed E-state index contributed by atoms with van der Waals surface area (Å²) in [5.74, 6) is -1.50. The van der Waals surface area contributed by atoms with Gasteiger partial charge in [-0.3, -0.25) is 4.79 Å². The van der Waals surface area contributed by atoms with Crippen molar-refractivity contribution in [3.63, 3.8) is 0 Å². The lowest BCUT2D eigenvalue weighted by Gasteiger charge is -2.10. The van der Waals surface area contributed by atoms with Crippen LogP contribution in [0.15, 0.2) is 30.5 Å². The summed E-state index contributed by atoms with van der Waals surface area (Å²) in [6.45, 7) is 0. The van der Waals surface area contributed by atoms with Gasteiger partial charge in [0, 0.05) is 18.8 Å². The molecule has 7 heteroatoms. The second kappa shape index (κ2) is 6.17. The van der Waals surface area contributed by atoms with Crippen LogP contribution in [0.5, 0.6) is 5.75 Å². The molecule has 0 unspecified atom stereocenters. The van der Waals surface area contributed by atoms with E-state index in [0.717, 1.165) is 18.3 Å². The number of amides is 1. The predicted molar refractivity (Wildman–Crippen MR) is 74.6 cm³/mol. The number of nitrogens with zero attached hydrogens (tertiary/aromatic N) is 1. The van der Waals surface area contributed by atoms with Crippen LogP contribution in [0.2, 0.25) is 0 Å². The fourth-order valence-corrected chi connectivity index (χ4v) is 1.75. The maximum absolute atomic E-state index is 13.3. The van der Waals surface area contributed by atoms with Crippen molar-refractivity contribution in [3.05, 3.63) is 47.7 Å². The number of aromatic nitrogens is 1. The van der Waals surface area contributed by atoms with E-state index in [1.54, 1.807) is 7.05 Å². The number of benzene rings is 1. The number of pyridine rings is 1. The van der Waals surface area contributed by atoms with Gasteiger partial charge in [0.25, 0.3) is 5.91 Å². The molecule has 21 heavy (non-hydrogen) atoms. The Morgan fingerprint density at radius 2 is 2.05 bits per heavy atom. The molecule has 110 valence electrons. The second-order valence-corrected chi connectivity index (χ2v) is 4.10. The Kier molecular flexibility index (Phi) is 4.32. The predicted octanol–water partition coefficient (Wildman–Crippen LogP) is 2.66. The number of carbonyl (C=O) groups excluding carboxylic acids is 1. The Balaban J connectivity index is 2.28. The summed E-state index contributed by atoms with van der Waals surface area (Å²) in [6, 6.07) is 4.94. The van der Waals surface area contributed by atoms with Gasteiger partial charge in [-0.25, -0.2) is 13.8 Å². The normalized spacial score (nSPS) is 10.1. The second-order valence-electron chi connectivity index (χ2n) is 4.10. The molecular weight excluding hydrogens is 280 g/mol. The first-order chi connectivity index (χ1) is 10.0. The van der Waals surface area contributed by atoms with Crippen LogP contribution in [0.25, 0.3) is 0 Å². The van der Waals surface area contributed by atoms with Crippen LogP contribution in [0.3, 0.4) is 0 Å². The largest absolute Gasteiger partial charge is 0.494 e. The Labute approximate surface area is 120 Å². The smallest absolute Gasteiger partial charge is 0.259 e. The average molecular weight is 293 g/mol. The zero-order valence-corrected chi connectivity index (χ0v) is 11.4. The Morgan fingerprint density at radius 1 is 1.29 bits per heavy atom. The van der Waals surface area contributed by atoms with Crippen LogP contribution in [0, 0.1) is 11.6 Å². The molecule has 0 aliphatic heterocycles. The van der Waals surface area contributed by atoms with Crippen molar-refractivity contribution in [1.82, 2.24) is 4.98 Å². The van der Waals surface area contributed by atoms with Crippen molar-refractivity contribution in [1.29, 1.82) is 0 Å². The van der Waals surface area contributed by atoms with Gasteiger partial charge in [0.05, 0.1) is 18.9 Å². The van der Waals surface area contributed by atoms with Crippen molar-refractivity contribution >= 4 is 17.4 Å². The number of nitrogens with one attached hydrogen (secondary N) is 2. The van der Waals surface area contributed by atoms with Gasteiger partial charge in [-0.05, 0) is 18.2 Å². The lowest BCUT2D eigenvalue weighted by molar-refractivity contribution is 0.102. The first kappa shape index (κ1) is 14.7. The molecule has 0 saturated carbocycles. The lowest BCUT2D eigenvalue weighted by atomic mass is 10.2. The molecule has 0 aliphatic rings. The topological polar surface area (TPSA) is 63.2 Å². The maximum Gasteiger partial charge on any atom is 0.259 e. The Morgan fingerprint density at radius 3 is 2.71 bits per heavy atom. The molecule has 0 radical (unpaired) electrons. The molecule has 1 amide bonds. The molecule has 1 aromatic carbocycles. The number of halogens is 2. The number of rotatable bonds is 4. The van der Waals surface area contributed by atoms with E-state index in [-0.39, 0.29) is 17.1 Å². The van der Waals surface area contributed by atoms with Crippen LogP contribution in [-0.4, -0.2) is 25.0 Å². The summed E-state index contributed by atoms with van der Waals surface area (Å²) in [6.07, 6.45) is 1.00. The molecule has 2 aromatic rings. The summed E-state index contributed by atoms with van der Waals surface area (Å²) in [4.78, 5) is 15.9. The number of methoxy groups -OCH3 is 1. The van der Waals surface area contributed by atoms with Gasteiger partial charge in [0.1, 0.15) is 11.6 Å². The molecule has 0 fully saturated rings. The molecule has 1 heterocycles. The highest BCUT2D eigenvalue weighted by Gasteiger charge is 2.14. The first-order valence-corrected chi connectivity index (χ1v) is 6.03. The third-order valence-corrected chi connectivity index (χ3v) is 2.74. The minimum atomic E-state index is -0.629. The molecule has 0 aliphatic carbocycles. The summed E-state index contributed by atoms with van der Waals surface area (Å²) < 4.78 is 31.3. The van der Waals surface area contributed by atoms with E-state index in [2.05, 4.69) is 15.6 Å². The molecule has 2 rings (SSSR count). The van der Waals surface area contributed by atoms with E-state index in [4.69, 9.17) is 4.74 Å². The Bertz CT molecular complexity index is 677. The van der Waals surface area contributed by atoms with E-state index in [1.165, 1.54) is 19.2 Å². The van der Waals surface area contributed by atoms with Gasteiger partial charge < -0.3 is 15.4 Å². The van der Waals surface area contributed by atoms with E-state index >= 15 is 0 Å². The maximum atomic E-state index is 13.3. The third-order valence-electron chi connectivity index (χ3n) is 2.74. The van der Waals surface area contributed by atoms with Gasteiger partial charge in [-0.2, -0.15) is 0 Å². The van der Waals surface area contributed by atoms with E-state index < -0.39 is 17.5 Å². The summed E-state index contributed by atoms with van der Waals surface area (Å²) >= 11 is 0. The van der Waals surface area contributed by atoms with E-state index in [0.29, 0.717) is 5.69 Å². The van der Waals surface area contributed by atoms with E-state index in [9.17, 15) is 13.6 Å². The highest BCUT2D eigenvalue weighted by Crippen LogP contribution is 2.22. The zero-order chi connectivity index (χ0) is 15.4. The summed E-state index contributed by atoms with van der Waals surface area (Å²) in [5.41, 5.74) is 0.366. The highest BCUT2D eigenvalue weighted by atomic mass is 19.1. The quantitative estimate of drug-likeness (QED) is 0.909. The van der Waals surface area contributed by atoms with Gasteiger partial charge in [-0.1, -0.05) is 0 Å². The third kappa shape index (κ3) is 3.25. The van der Waals surface area contributed by atoms with Gasteiger partial charge in [-0.15, -0.1) is 0 Å². The number of hydrogen-bond donors (Lipinski definition) is 2. The van der Waals surface area contributed by atoms with Crippen molar-refractivity contribution in [3.8, 4) is 5.75 Å². The van der Waals surface area contributed by atoms with Gasteiger partial charge in [0.15, 0.2) is 11.6 Å². The molecule has 2 N–H and O–H groups in total. The van der Waals surface area contributed by atoms with Gasteiger partial charge >= 0.3 is 0 Å². The van der Waals surface area contributed by atoms with Crippen LogP contribution in [0.1, 0.15) is 10.4 Å². The van der Waals surface area contributed by atoms with Crippen molar-refractivity contribution in [2.45, 2.75) is 0 Å². The first-order valence-electron chi connectivity index (χ1n) is 6.03. The lowest BCUT2D eigenvalue weighted by Crippen LogP contribution is -2.15. The zero-order valence-electron chi connectivity index (χ0n) is 11.4. The molecule has 0 bridgehead atoms. The van der Waals surface area contributed by atoms with Crippen molar-refractivity contribution in [2.75, 3.05) is 24.8 Å². The average Bonchev–Trinajstić information content (AvgIpc) is 2.49. The van der Waals surface area contributed by atoms with E-state index in [1.807, 2.05) is 0 Å². The standard InChI is InChI=1S/C14H13F2N3O2/c1-17-13-10(5-8(15)7-18-13)14(20)19-9-3-4-11(16)12(6-9)21-2/h3-7H,1-2H3,(H,17,18)(H,19,20). The molecule has 0 atom stereocenters. The SMILES string of the molecule is CNc1ncc(F)cc1C(=O)Nc1ccc(F)c(OC)c1.